The molecule has 2 N–H and O–H groups in total. The summed E-state index contributed by atoms with van der Waals surface area (Å²) < 4.78 is 10.7. The number of rotatable bonds is 6. The second-order valence-electron chi connectivity index (χ2n) is 4.31. The molecule has 4 nitrogen and oxygen atoms in total. The molecule has 0 amide bonds. The number of hydrogen-bond acceptors (Lipinski definition) is 4. The number of methoxy groups -OCH3 is 1. The maximum absolute atomic E-state index is 10.3. The smallest absolute Gasteiger partial charge is 0.137 e. The van der Waals surface area contributed by atoms with Gasteiger partial charge in [-0.2, -0.15) is 0 Å². The van der Waals surface area contributed by atoms with Gasteiger partial charge in [0, 0.05) is 13.0 Å². The summed E-state index contributed by atoms with van der Waals surface area (Å²) in [7, 11) is 1.59. The van der Waals surface area contributed by atoms with Crippen LogP contribution in [0.5, 0.6) is 5.75 Å². The molecule has 1 heterocycles. The van der Waals surface area contributed by atoms with E-state index in [2.05, 4.69) is 0 Å². The minimum Gasteiger partial charge on any atom is -0.497 e. The fourth-order valence-electron chi connectivity index (χ4n) is 1.90. The van der Waals surface area contributed by atoms with Crippen molar-refractivity contribution in [3.05, 3.63) is 53.5 Å². The van der Waals surface area contributed by atoms with E-state index in [4.69, 9.17) is 14.3 Å². The zero-order chi connectivity index (χ0) is 13.7. The molecular formula is C15H18O4. The zero-order valence-corrected chi connectivity index (χ0v) is 10.9. The van der Waals surface area contributed by atoms with Crippen LogP contribution in [-0.2, 0) is 6.42 Å². The van der Waals surface area contributed by atoms with Crippen LogP contribution in [0, 0.1) is 0 Å². The predicted octanol–water partition coefficient (Wildman–Crippen LogP) is 2.29. The van der Waals surface area contributed by atoms with Crippen molar-refractivity contribution in [1.82, 2.24) is 0 Å². The summed E-state index contributed by atoms with van der Waals surface area (Å²) in [6.07, 6.45) is 0.516. The predicted molar refractivity (Wildman–Crippen MR) is 71.2 cm³/mol. The van der Waals surface area contributed by atoms with Gasteiger partial charge < -0.3 is 19.4 Å². The monoisotopic (exact) mass is 262 g/mol. The Morgan fingerprint density at radius 2 is 2.11 bits per heavy atom. The summed E-state index contributed by atoms with van der Waals surface area (Å²) in [6.45, 7) is 0.133. The van der Waals surface area contributed by atoms with Gasteiger partial charge in [0.25, 0.3) is 0 Å². The molecule has 19 heavy (non-hydrogen) atoms. The van der Waals surface area contributed by atoms with Crippen LogP contribution in [0.15, 0.2) is 40.8 Å². The number of ether oxygens (including phenoxy) is 1. The standard InChI is InChI=1S/C15H18O4/c1-18-13-5-2-4-11(10-13)15(17)14-8-7-12(19-14)6-3-9-16/h2,4-5,7-8,10,15-17H,3,6,9H2,1H3. The molecule has 0 saturated carbocycles. The Kier molecular flexibility index (Phi) is 4.60. The second-order valence-corrected chi connectivity index (χ2v) is 4.31. The molecule has 1 unspecified atom stereocenters. The Balaban J connectivity index is 2.13. The Hall–Kier alpha value is -1.78. The van der Waals surface area contributed by atoms with E-state index in [0.29, 0.717) is 24.4 Å². The number of aliphatic hydroxyl groups is 2. The molecule has 0 fully saturated rings. The summed E-state index contributed by atoms with van der Waals surface area (Å²) in [4.78, 5) is 0. The van der Waals surface area contributed by atoms with Crippen molar-refractivity contribution in [3.63, 3.8) is 0 Å². The molecule has 1 atom stereocenters. The van der Waals surface area contributed by atoms with Gasteiger partial charge in [-0.25, -0.2) is 0 Å². The van der Waals surface area contributed by atoms with Gasteiger partial charge in [0.2, 0.25) is 0 Å². The van der Waals surface area contributed by atoms with Crippen molar-refractivity contribution in [2.45, 2.75) is 18.9 Å². The number of aliphatic hydroxyl groups excluding tert-OH is 2. The largest absolute Gasteiger partial charge is 0.497 e. The highest BCUT2D eigenvalue weighted by molar-refractivity contribution is 5.33. The minimum atomic E-state index is -0.807. The summed E-state index contributed by atoms with van der Waals surface area (Å²) in [6, 6.07) is 10.8. The van der Waals surface area contributed by atoms with Crippen LogP contribution in [0.1, 0.15) is 29.6 Å². The Labute approximate surface area is 112 Å². The van der Waals surface area contributed by atoms with E-state index in [1.165, 1.54) is 0 Å². The molecule has 2 aromatic rings. The highest BCUT2D eigenvalue weighted by Gasteiger charge is 2.15. The van der Waals surface area contributed by atoms with E-state index >= 15 is 0 Å². The quantitative estimate of drug-likeness (QED) is 0.838. The van der Waals surface area contributed by atoms with Gasteiger partial charge >= 0.3 is 0 Å². The Morgan fingerprint density at radius 3 is 2.84 bits per heavy atom. The maximum atomic E-state index is 10.3. The van der Waals surface area contributed by atoms with E-state index in [9.17, 15) is 5.11 Å². The molecule has 0 saturated heterocycles. The molecular weight excluding hydrogens is 244 g/mol. The Bertz CT molecular complexity index is 518. The first-order valence-electron chi connectivity index (χ1n) is 6.26. The molecule has 0 spiro atoms. The van der Waals surface area contributed by atoms with Crippen LogP contribution in [0.3, 0.4) is 0 Å². The number of furan rings is 1. The van der Waals surface area contributed by atoms with E-state index in [-0.39, 0.29) is 6.61 Å². The lowest BCUT2D eigenvalue weighted by Gasteiger charge is -2.09. The third-order valence-electron chi connectivity index (χ3n) is 2.94. The lowest BCUT2D eigenvalue weighted by atomic mass is 10.1. The molecule has 0 aliphatic heterocycles. The van der Waals surface area contributed by atoms with Gasteiger partial charge in [-0.3, -0.25) is 0 Å². The maximum Gasteiger partial charge on any atom is 0.137 e. The summed E-state index contributed by atoms with van der Waals surface area (Å²) in [5, 5.41) is 19.0. The van der Waals surface area contributed by atoms with E-state index in [1.807, 2.05) is 24.3 Å². The normalized spacial score (nSPS) is 12.4. The molecule has 102 valence electrons. The van der Waals surface area contributed by atoms with Crippen LogP contribution in [-0.4, -0.2) is 23.9 Å². The first-order valence-corrected chi connectivity index (χ1v) is 6.26. The van der Waals surface area contributed by atoms with Crippen LogP contribution >= 0.6 is 0 Å². The molecule has 4 heteroatoms. The van der Waals surface area contributed by atoms with E-state index in [1.54, 1.807) is 19.2 Å². The third-order valence-corrected chi connectivity index (χ3v) is 2.94. The fourth-order valence-corrected chi connectivity index (χ4v) is 1.90. The summed E-state index contributed by atoms with van der Waals surface area (Å²) >= 11 is 0. The molecule has 1 aromatic heterocycles. The van der Waals surface area contributed by atoms with Crippen molar-refractivity contribution in [2.75, 3.05) is 13.7 Å². The fraction of sp³-hybridized carbons (Fsp3) is 0.333. The summed E-state index contributed by atoms with van der Waals surface area (Å²) in [5.74, 6) is 1.97. The van der Waals surface area contributed by atoms with Crippen molar-refractivity contribution in [3.8, 4) is 5.75 Å². The first kappa shape index (κ1) is 13.6. The number of hydrogen-bond donors (Lipinski definition) is 2. The van der Waals surface area contributed by atoms with Crippen molar-refractivity contribution >= 4 is 0 Å². The average Bonchev–Trinajstić information content (AvgIpc) is 2.93. The van der Waals surface area contributed by atoms with Gasteiger partial charge in [-0.15, -0.1) is 0 Å². The Morgan fingerprint density at radius 1 is 1.26 bits per heavy atom. The molecule has 0 aliphatic rings. The second kappa shape index (κ2) is 6.41. The summed E-state index contributed by atoms with van der Waals surface area (Å²) in [5.41, 5.74) is 0.724. The number of benzene rings is 1. The van der Waals surface area contributed by atoms with E-state index in [0.717, 1.165) is 11.3 Å². The lowest BCUT2D eigenvalue weighted by Crippen LogP contribution is -1.98. The minimum absolute atomic E-state index is 0.133. The van der Waals surface area contributed by atoms with E-state index < -0.39 is 6.10 Å². The van der Waals surface area contributed by atoms with Gasteiger partial charge in [-0.1, -0.05) is 12.1 Å². The highest BCUT2D eigenvalue weighted by atomic mass is 16.5. The molecule has 0 aliphatic carbocycles. The molecule has 1 aromatic carbocycles. The van der Waals surface area contributed by atoms with Crippen molar-refractivity contribution in [2.24, 2.45) is 0 Å². The first-order chi connectivity index (χ1) is 9.24. The molecule has 0 bridgehead atoms. The van der Waals surface area contributed by atoms with Crippen LogP contribution in [0.2, 0.25) is 0 Å². The number of aryl methyl sites for hydroxylation is 1. The molecule has 2 rings (SSSR count). The lowest BCUT2D eigenvalue weighted by molar-refractivity contribution is 0.185. The van der Waals surface area contributed by atoms with Crippen LogP contribution in [0.25, 0.3) is 0 Å². The average molecular weight is 262 g/mol. The van der Waals surface area contributed by atoms with Crippen molar-refractivity contribution in [1.29, 1.82) is 0 Å². The van der Waals surface area contributed by atoms with Gasteiger partial charge in [0.15, 0.2) is 0 Å². The van der Waals surface area contributed by atoms with Crippen molar-refractivity contribution < 1.29 is 19.4 Å². The topological polar surface area (TPSA) is 62.8 Å². The van der Waals surface area contributed by atoms with Gasteiger partial charge in [0.05, 0.1) is 7.11 Å². The zero-order valence-electron chi connectivity index (χ0n) is 10.9. The SMILES string of the molecule is COc1cccc(C(O)c2ccc(CCCO)o2)c1. The van der Waals surface area contributed by atoms with Gasteiger partial charge in [-0.05, 0) is 36.2 Å². The third kappa shape index (κ3) is 3.36. The highest BCUT2D eigenvalue weighted by Crippen LogP contribution is 2.26. The van der Waals surface area contributed by atoms with Crippen LogP contribution in [0.4, 0.5) is 0 Å². The van der Waals surface area contributed by atoms with Crippen LogP contribution < -0.4 is 4.74 Å². The molecule has 0 radical (unpaired) electrons. The van der Waals surface area contributed by atoms with Gasteiger partial charge in [0.1, 0.15) is 23.4 Å².